The highest BCUT2D eigenvalue weighted by molar-refractivity contribution is 5.56. The first kappa shape index (κ1) is 14.2. The molecule has 0 saturated heterocycles. The fourth-order valence-electron chi connectivity index (χ4n) is 2.05. The molecule has 0 saturated carbocycles. The molecule has 2 aromatic heterocycles. The quantitative estimate of drug-likeness (QED) is 0.901. The van der Waals surface area contributed by atoms with Crippen molar-refractivity contribution in [2.75, 3.05) is 24.2 Å². The summed E-state index contributed by atoms with van der Waals surface area (Å²) >= 11 is 0. The molecule has 5 nitrogen and oxygen atoms in total. The summed E-state index contributed by atoms with van der Waals surface area (Å²) in [4.78, 5) is 15.0. The van der Waals surface area contributed by atoms with Gasteiger partial charge in [-0.15, -0.1) is 0 Å². The summed E-state index contributed by atoms with van der Waals surface area (Å²) in [5, 5.41) is 0. The predicted octanol–water partition coefficient (Wildman–Crippen LogP) is 2.00. The average Bonchev–Trinajstić information content (AvgIpc) is 2.48. The zero-order chi connectivity index (χ0) is 14.5. The van der Waals surface area contributed by atoms with Crippen molar-refractivity contribution in [3.05, 3.63) is 41.5 Å². The van der Waals surface area contributed by atoms with Crippen molar-refractivity contribution in [2.45, 2.75) is 26.7 Å². The average molecular weight is 271 g/mol. The van der Waals surface area contributed by atoms with Crippen LogP contribution in [0, 0.1) is 6.92 Å². The van der Waals surface area contributed by atoms with Gasteiger partial charge >= 0.3 is 0 Å². The predicted molar refractivity (Wildman–Crippen MR) is 81.8 cm³/mol. The van der Waals surface area contributed by atoms with E-state index in [0.29, 0.717) is 5.82 Å². The molecule has 0 radical (unpaired) electrons. The van der Waals surface area contributed by atoms with Gasteiger partial charge in [-0.25, -0.2) is 9.97 Å². The Kier molecular flexibility index (Phi) is 4.50. The lowest BCUT2D eigenvalue weighted by molar-refractivity contribution is 0.831. The molecule has 20 heavy (non-hydrogen) atoms. The SMILES string of the molecule is CCc1nc(N)c(C)c(N(C)CCc2ccncc2)n1. The van der Waals surface area contributed by atoms with Gasteiger partial charge in [0.05, 0.1) is 0 Å². The first-order chi connectivity index (χ1) is 9.61. The molecule has 0 aliphatic heterocycles. The number of nitrogen functional groups attached to an aromatic ring is 1. The van der Waals surface area contributed by atoms with Gasteiger partial charge in [-0.1, -0.05) is 6.92 Å². The van der Waals surface area contributed by atoms with Gasteiger partial charge < -0.3 is 10.6 Å². The number of anilines is 2. The van der Waals surface area contributed by atoms with Crippen LogP contribution in [0.1, 0.15) is 23.9 Å². The molecule has 5 heteroatoms. The van der Waals surface area contributed by atoms with Crippen LogP contribution in [0.2, 0.25) is 0 Å². The van der Waals surface area contributed by atoms with E-state index in [2.05, 4.69) is 19.9 Å². The minimum Gasteiger partial charge on any atom is -0.383 e. The Morgan fingerprint density at radius 2 is 1.90 bits per heavy atom. The van der Waals surface area contributed by atoms with Crippen LogP contribution in [0.3, 0.4) is 0 Å². The minimum atomic E-state index is 0.572. The summed E-state index contributed by atoms with van der Waals surface area (Å²) in [6.07, 6.45) is 5.37. The number of likely N-dealkylation sites (N-methyl/N-ethyl adjacent to an activating group) is 1. The van der Waals surface area contributed by atoms with E-state index in [-0.39, 0.29) is 0 Å². The lowest BCUT2D eigenvalue weighted by Crippen LogP contribution is -2.23. The highest BCUT2D eigenvalue weighted by Gasteiger charge is 2.11. The molecule has 0 spiro atoms. The summed E-state index contributed by atoms with van der Waals surface area (Å²) in [6.45, 7) is 4.88. The van der Waals surface area contributed by atoms with Gasteiger partial charge in [0.25, 0.3) is 0 Å². The summed E-state index contributed by atoms with van der Waals surface area (Å²) in [6, 6.07) is 4.07. The largest absolute Gasteiger partial charge is 0.383 e. The second-order valence-corrected chi connectivity index (χ2v) is 4.85. The van der Waals surface area contributed by atoms with Crippen molar-refractivity contribution in [1.82, 2.24) is 15.0 Å². The standard InChI is InChI=1S/C15H21N5/c1-4-13-18-14(16)11(2)15(19-13)20(3)10-7-12-5-8-17-9-6-12/h5-6,8-9H,4,7,10H2,1-3H3,(H2,16,18,19). The fourth-order valence-corrected chi connectivity index (χ4v) is 2.05. The second kappa shape index (κ2) is 6.32. The van der Waals surface area contributed by atoms with E-state index in [1.165, 1.54) is 5.56 Å². The van der Waals surface area contributed by atoms with E-state index in [4.69, 9.17) is 5.73 Å². The first-order valence-electron chi connectivity index (χ1n) is 6.84. The Morgan fingerprint density at radius 3 is 2.55 bits per heavy atom. The first-order valence-corrected chi connectivity index (χ1v) is 6.84. The third kappa shape index (κ3) is 3.23. The second-order valence-electron chi connectivity index (χ2n) is 4.85. The van der Waals surface area contributed by atoms with Crippen molar-refractivity contribution in [2.24, 2.45) is 0 Å². The lowest BCUT2D eigenvalue weighted by atomic mass is 10.2. The van der Waals surface area contributed by atoms with E-state index in [1.54, 1.807) is 0 Å². The molecule has 2 aromatic rings. The third-order valence-electron chi connectivity index (χ3n) is 3.37. The normalized spacial score (nSPS) is 10.6. The number of aromatic nitrogens is 3. The maximum Gasteiger partial charge on any atom is 0.137 e. The van der Waals surface area contributed by atoms with E-state index < -0.39 is 0 Å². The zero-order valence-electron chi connectivity index (χ0n) is 12.3. The summed E-state index contributed by atoms with van der Waals surface area (Å²) in [7, 11) is 2.04. The third-order valence-corrected chi connectivity index (χ3v) is 3.37. The number of pyridine rings is 1. The van der Waals surface area contributed by atoms with Crippen molar-refractivity contribution >= 4 is 11.6 Å². The van der Waals surface area contributed by atoms with Crippen LogP contribution in [0.4, 0.5) is 11.6 Å². The summed E-state index contributed by atoms with van der Waals surface area (Å²) in [5.41, 5.74) is 8.17. The Morgan fingerprint density at radius 1 is 1.20 bits per heavy atom. The van der Waals surface area contributed by atoms with Crippen LogP contribution >= 0.6 is 0 Å². The molecule has 2 N–H and O–H groups in total. The van der Waals surface area contributed by atoms with E-state index in [1.807, 2.05) is 45.4 Å². The van der Waals surface area contributed by atoms with Gasteiger partial charge in [0.2, 0.25) is 0 Å². The maximum atomic E-state index is 5.96. The number of nitrogens with two attached hydrogens (primary N) is 1. The van der Waals surface area contributed by atoms with Gasteiger partial charge in [-0.2, -0.15) is 0 Å². The summed E-state index contributed by atoms with van der Waals surface area (Å²) in [5.74, 6) is 2.28. The maximum absolute atomic E-state index is 5.96. The smallest absolute Gasteiger partial charge is 0.137 e. The highest BCUT2D eigenvalue weighted by Crippen LogP contribution is 2.21. The zero-order valence-corrected chi connectivity index (χ0v) is 12.3. The molecule has 0 atom stereocenters. The van der Waals surface area contributed by atoms with Crippen molar-refractivity contribution in [1.29, 1.82) is 0 Å². The Bertz CT molecular complexity index is 568. The molecule has 0 aromatic carbocycles. The van der Waals surface area contributed by atoms with E-state index in [9.17, 15) is 0 Å². The number of nitrogens with zero attached hydrogens (tertiary/aromatic N) is 4. The van der Waals surface area contributed by atoms with E-state index in [0.717, 1.165) is 36.6 Å². The molecular formula is C15H21N5. The molecular weight excluding hydrogens is 250 g/mol. The molecule has 0 bridgehead atoms. The number of hydrogen-bond acceptors (Lipinski definition) is 5. The number of aryl methyl sites for hydroxylation is 1. The van der Waals surface area contributed by atoms with Crippen LogP contribution in [-0.2, 0) is 12.8 Å². The van der Waals surface area contributed by atoms with Gasteiger partial charge in [0.1, 0.15) is 17.5 Å². The van der Waals surface area contributed by atoms with Crippen molar-refractivity contribution < 1.29 is 0 Å². The monoisotopic (exact) mass is 271 g/mol. The van der Waals surface area contributed by atoms with Gasteiger partial charge in [0.15, 0.2) is 0 Å². The van der Waals surface area contributed by atoms with Crippen molar-refractivity contribution in [3.8, 4) is 0 Å². The molecule has 106 valence electrons. The molecule has 0 fully saturated rings. The number of rotatable bonds is 5. The molecule has 0 aliphatic rings. The minimum absolute atomic E-state index is 0.572. The Hall–Kier alpha value is -2.17. The van der Waals surface area contributed by atoms with Gasteiger partial charge in [-0.05, 0) is 31.0 Å². The molecule has 0 amide bonds. The molecule has 2 heterocycles. The molecule has 2 rings (SSSR count). The lowest BCUT2D eigenvalue weighted by Gasteiger charge is -2.21. The fraction of sp³-hybridized carbons (Fsp3) is 0.400. The van der Waals surface area contributed by atoms with Gasteiger partial charge in [0, 0.05) is 38.0 Å². The van der Waals surface area contributed by atoms with Gasteiger partial charge in [-0.3, -0.25) is 4.98 Å². The van der Waals surface area contributed by atoms with Crippen LogP contribution in [-0.4, -0.2) is 28.5 Å². The van der Waals surface area contributed by atoms with E-state index >= 15 is 0 Å². The summed E-state index contributed by atoms with van der Waals surface area (Å²) < 4.78 is 0. The van der Waals surface area contributed by atoms with Crippen LogP contribution in [0.15, 0.2) is 24.5 Å². The Labute approximate surface area is 119 Å². The van der Waals surface area contributed by atoms with Crippen molar-refractivity contribution in [3.63, 3.8) is 0 Å². The number of hydrogen-bond donors (Lipinski definition) is 1. The van der Waals surface area contributed by atoms with Crippen LogP contribution in [0.25, 0.3) is 0 Å². The molecule has 0 unspecified atom stereocenters. The van der Waals surface area contributed by atoms with Crippen LogP contribution in [0.5, 0.6) is 0 Å². The molecule has 0 aliphatic carbocycles. The van der Waals surface area contributed by atoms with Crippen LogP contribution < -0.4 is 10.6 Å². The Balaban J connectivity index is 2.12. The topological polar surface area (TPSA) is 67.9 Å². The highest BCUT2D eigenvalue weighted by atomic mass is 15.2.